The predicted octanol–water partition coefficient (Wildman–Crippen LogP) is 1.23. The summed E-state index contributed by atoms with van der Waals surface area (Å²) in [5.74, 6) is 0.244. The lowest BCUT2D eigenvalue weighted by molar-refractivity contribution is 0.102. The minimum absolute atomic E-state index is 0.152. The molecule has 1 heterocycles. The standard InChI is InChI=1S/C11H11N3O/c1-14-7-6-13-11(14)10(15)8-4-2-3-5-9(8)12/h2-7H,12H2,1H3. The molecule has 0 radical (unpaired) electrons. The molecule has 0 fully saturated rings. The van der Waals surface area contributed by atoms with Crippen molar-refractivity contribution in [1.82, 2.24) is 9.55 Å². The summed E-state index contributed by atoms with van der Waals surface area (Å²) in [7, 11) is 1.78. The smallest absolute Gasteiger partial charge is 0.230 e. The third-order valence-corrected chi connectivity index (χ3v) is 2.23. The summed E-state index contributed by atoms with van der Waals surface area (Å²) >= 11 is 0. The monoisotopic (exact) mass is 201 g/mol. The highest BCUT2D eigenvalue weighted by atomic mass is 16.1. The van der Waals surface area contributed by atoms with Crippen molar-refractivity contribution in [3.8, 4) is 0 Å². The molecule has 2 N–H and O–H groups in total. The molecular formula is C11H11N3O. The van der Waals surface area contributed by atoms with Gasteiger partial charge in [-0.05, 0) is 12.1 Å². The van der Waals surface area contributed by atoms with Crippen molar-refractivity contribution in [2.24, 2.45) is 7.05 Å². The zero-order valence-electron chi connectivity index (χ0n) is 8.34. The van der Waals surface area contributed by atoms with E-state index in [0.29, 0.717) is 17.1 Å². The Kier molecular flexibility index (Phi) is 2.25. The average molecular weight is 201 g/mol. The Balaban J connectivity index is 2.46. The van der Waals surface area contributed by atoms with Gasteiger partial charge in [-0.25, -0.2) is 4.98 Å². The molecule has 0 saturated carbocycles. The molecule has 0 spiro atoms. The SMILES string of the molecule is Cn1ccnc1C(=O)c1ccccc1N. The van der Waals surface area contributed by atoms with E-state index in [0.717, 1.165) is 0 Å². The van der Waals surface area contributed by atoms with Crippen LogP contribution in [0.5, 0.6) is 0 Å². The van der Waals surface area contributed by atoms with Gasteiger partial charge in [-0.1, -0.05) is 12.1 Å². The molecule has 15 heavy (non-hydrogen) atoms. The maximum Gasteiger partial charge on any atom is 0.230 e. The van der Waals surface area contributed by atoms with Crippen molar-refractivity contribution >= 4 is 11.5 Å². The van der Waals surface area contributed by atoms with Crippen LogP contribution >= 0.6 is 0 Å². The normalized spacial score (nSPS) is 10.2. The van der Waals surface area contributed by atoms with E-state index in [-0.39, 0.29) is 5.78 Å². The molecule has 0 bridgehead atoms. The molecule has 1 aromatic carbocycles. The van der Waals surface area contributed by atoms with E-state index >= 15 is 0 Å². The summed E-state index contributed by atoms with van der Waals surface area (Å²) in [6, 6.07) is 6.99. The van der Waals surface area contributed by atoms with Gasteiger partial charge in [0, 0.05) is 30.7 Å². The number of anilines is 1. The first-order valence-electron chi connectivity index (χ1n) is 4.56. The van der Waals surface area contributed by atoms with Crippen molar-refractivity contribution < 1.29 is 4.79 Å². The molecule has 0 aliphatic rings. The minimum Gasteiger partial charge on any atom is -0.398 e. The number of nitrogens with zero attached hydrogens (tertiary/aromatic N) is 2. The van der Waals surface area contributed by atoms with Gasteiger partial charge >= 0.3 is 0 Å². The highest BCUT2D eigenvalue weighted by Gasteiger charge is 2.15. The molecule has 2 rings (SSSR count). The fourth-order valence-corrected chi connectivity index (χ4v) is 1.41. The van der Waals surface area contributed by atoms with E-state index < -0.39 is 0 Å². The third-order valence-electron chi connectivity index (χ3n) is 2.23. The number of para-hydroxylation sites is 1. The Labute approximate surface area is 87.4 Å². The number of hydrogen-bond donors (Lipinski definition) is 1. The van der Waals surface area contributed by atoms with Gasteiger partial charge in [-0.3, -0.25) is 4.79 Å². The molecule has 4 heteroatoms. The summed E-state index contributed by atoms with van der Waals surface area (Å²) in [5, 5.41) is 0. The van der Waals surface area contributed by atoms with Gasteiger partial charge in [-0.2, -0.15) is 0 Å². The first-order valence-corrected chi connectivity index (χ1v) is 4.56. The third kappa shape index (κ3) is 1.61. The quantitative estimate of drug-likeness (QED) is 0.587. The maximum absolute atomic E-state index is 12.0. The van der Waals surface area contributed by atoms with Crippen LogP contribution in [0.25, 0.3) is 0 Å². The second kappa shape index (κ2) is 3.57. The second-order valence-electron chi connectivity index (χ2n) is 3.28. The lowest BCUT2D eigenvalue weighted by Gasteiger charge is -2.03. The lowest BCUT2D eigenvalue weighted by Crippen LogP contribution is -2.10. The summed E-state index contributed by atoms with van der Waals surface area (Å²) in [4.78, 5) is 16.0. The van der Waals surface area contributed by atoms with Gasteiger partial charge in [0.25, 0.3) is 0 Å². The zero-order chi connectivity index (χ0) is 10.8. The highest BCUT2D eigenvalue weighted by molar-refractivity contribution is 6.09. The van der Waals surface area contributed by atoms with Crippen LogP contribution in [-0.2, 0) is 7.05 Å². The van der Waals surface area contributed by atoms with Crippen molar-refractivity contribution in [2.45, 2.75) is 0 Å². The summed E-state index contributed by atoms with van der Waals surface area (Å²) in [6.07, 6.45) is 3.32. The molecule has 0 aliphatic heterocycles. The summed E-state index contributed by atoms with van der Waals surface area (Å²) < 4.78 is 1.68. The van der Waals surface area contributed by atoms with E-state index in [1.54, 1.807) is 48.3 Å². The Hall–Kier alpha value is -2.10. The Morgan fingerprint density at radius 3 is 2.73 bits per heavy atom. The van der Waals surface area contributed by atoms with Crippen LogP contribution in [0.15, 0.2) is 36.7 Å². The molecule has 0 unspecified atom stereocenters. The lowest BCUT2D eigenvalue weighted by atomic mass is 10.1. The van der Waals surface area contributed by atoms with Gasteiger partial charge in [-0.15, -0.1) is 0 Å². The van der Waals surface area contributed by atoms with Gasteiger partial charge in [0.2, 0.25) is 5.78 Å². The number of ketones is 1. The van der Waals surface area contributed by atoms with E-state index in [9.17, 15) is 4.79 Å². The molecule has 76 valence electrons. The van der Waals surface area contributed by atoms with Crippen molar-refractivity contribution in [2.75, 3.05) is 5.73 Å². The van der Waals surface area contributed by atoms with Crippen LogP contribution in [0.3, 0.4) is 0 Å². The number of imidazole rings is 1. The molecule has 0 aliphatic carbocycles. The van der Waals surface area contributed by atoms with Gasteiger partial charge in [0.05, 0.1) is 0 Å². The topological polar surface area (TPSA) is 60.9 Å². The Morgan fingerprint density at radius 1 is 1.40 bits per heavy atom. The fourth-order valence-electron chi connectivity index (χ4n) is 1.41. The molecule has 2 aromatic rings. The van der Waals surface area contributed by atoms with Gasteiger partial charge in [0.1, 0.15) is 0 Å². The average Bonchev–Trinajstić information content (AvgIpc) is 2.64. The Morgan fingerprint density at radius 2 is 2.13 bits per heavy atom. The number of aromatic nitrogens is 2. The molecular weight excluding hydrogens is 190 g/mol. The number of carbonyl (C=O) groups is 1. The van der Waals surface area contributed by atoms with Crippen molar-refractivity contribution in [3.05, 3.63) is 48.0 Å². The number of nitrogens with two attached hydrogens (primary N) is 1. The van der Waals surface area contributed by atoms with Crippen LogP contribution in [0.2, 0.25) is 0 Å². The number of rotatable bonds is 2. The zero-order valence-corrected chi connectivity index (χ0v) is 8.34. The molecule has 4 nitrogen and oxygen atoms in total. The predicted molar refractivity (Wildman–Crippen MR) is 57.5 cm³/mol. The van der Waals surface area contributed by atoms with E-state index in [4.69, 9.17) is 5.73 Å². The van der Waals surface area contributed by atoms with Crippen molar-refractivity contribution in [3.63, 3.8) is 0 Å². The maximum atomic E-state index is 12.0. The largest absolute Gasteiger partial charge is 0.398 e. The molecule has 0 saturated heterocycles. The highest BCUT2D eigenvalue weighted by Crippen LogP contribution is 2.14. The van der Waals surface area contributed by atoms with Crippen molar-refractivity contribution in [1.29, 1.82) is 0 Å². The molecule has 1 aromatic heterocycles. The fraction of sp³-hybridized carbons (Fsp3) is 0.0909. The Bertz CT molecular complexity index is 502. The second-order valence-corrected chi connectivity index (χ2v) is 3.28. The van der Waals surface area contributed by atoms with E-state index in [2.05, 4.69) is 4.98 Å². The first kappa shape index (κ1) is 9.45. The van der Waals surface area contributed by atoms with Crippen LogP contribution in [0, 0.1) is 0 Å². The number of nitrogen functional groups attached to an aromatic ring is 1. The van der Waals surface area contributed by atoms with E-state index in [1.807, 2.05) is 0 Å². The number of hydrogen-bond acceptors (Lipinski definition) is 3. The van der Waals surface area contributed by atoms with Crippen LogP contribution in [0.1, 0.15) is 16.2 Å². The molecule has 0 atom stereocenters. The minimum atomic E-state index is -0.152. The van der Waals surface area contributed by atoms with Gasteiger partial charge in [0.15, 0.2) is 5.82 Å². The number of carbonyl (C=O) groups excluding carboxylic acids is 1. The molecule has 0 amide bonds. The summed E-state index contributed by atoms with van der Waals surface area (Å²) in [6.45, 7) is 0. The number of aryl methyl sites for hydroxylation is 1. The van der Waals surface area contributed by atoms with Gasteiger partial charge < -0.3 is 10.3 Å². The first-order chi connectivity index (χ1) is 7.20. The van der Waals surface area contributed by atoms with Crippen LogP contribution in [-0.4, -0.2) is 15.3 Å². The van der Waals surface area contributed by atoms with E-state index in [1.165, 1.54) is 0 Å². The van der Waals surface area contributed by atoms with Crippen LogP contribution in [0.4, 0.5) is 5.69 Å². The van der Waals surface area contributed by atoms with Crippen LogP contribution < -0.4 is 5.73 Å². The summed E-state index contributed by atoms with van der Waals surface area (Å²) in [5.41, 5.74) is 6.69. The number of benzene rings is 1.